The molecule has 1 atom stereocenters. The molecule has 3 rings (SSSR count). The molecule has 0 aliphatic heterocycles. The number of hydrogen-bond donors (Lipinski definition) is 2. The average molecular weight is 420 g/mol. The number of anilines is 1. The van der Waals surface area contributed by atoms with Crippen molar-refractivity contribution in [3.05, 3.63) is 76.6 Å². The van der Waals surface area contributed by atoms with Gasteiger partial charge in [-0.2, -0.15) is 0 Å². The Morgan fingerprint density at radius 3 is 2.37 bits per heavy atom. The number of aliphatic hydroxyl groups is 1. The number of nitro benzene ring substituents is 1. The number of ether oxygens (including phenoxy) is 1. The molecule has 0 aliphatic carbocycles. The third-order valence-corrected chi connectivity index (χ3v) is 4.02. The van der Waals surface area contributed by atoms with Crippen LogP contribution in [-0.4, -0.2) is 32.9 Å². The minimum absolute atomic E-state index is 0.0760. The first-order valence-electron chi connectivity index (χ1n) is 8.56. The Hall–Kier alpha value is -3.73. The van der Waals surface area contributed by atoms with Crippen LogP contribution in [0.2, 0.25) is 0 Å². The minimum Gasteiger partial charge on any atom is -0.406 e. The Kier molecular flexibility index (Phi) is 6.11. The van der Waals surface area contributed by atoms with Gasteiger partial charge in [-0.05, 0) is 42.0 Å². The summed E-state index contributed by atoms with van der Waals surface area (Å²) in [6.45, 7) is 0.0760. The van der Waals surface area contributed by atoms with Crippen LogP contribution in [0.15, 0.2) is 60.9 Å². The van der Waals surface area contributed by atoms with Gasteiger partial charge in [-0.15, -0.1) is 13.2 Å². The number of hydrogen-bond acceptors (Lipinski definition) is 7. The molecule has 0 saturated heterocycles. The Morgan fingerprint density at radius 1 is 1.10 bits per heavy atom. The normalized spacial score (nSPS) is 12.3. The van der Waals surface area contributed by atoms with Gasteiger partial charge in [0.15, 0.2) is 0 Å². The predicted octanol–water partition coefficient (Wildman–Crippen LogP) is 4.10. The Bertz CT molecular complexity index is 1010. The minimum atomic E-state index is -4.77. The molecule has 1 unspecified atom stereocenters. The van der Waals surface area contributed by atoms with E-state index >= 15 is 0 Å². The molecule has 0 fully saturated rings. The average Bonchev–Trinajstić information content (AvgIpc) is 2.71. The maximum Gasteiger partial charge on any atom is 0.573 e. The van der Waals surface area contributed by atoms with Gasteiger partial charge in [-0.25, -0.2) is 9.97 Å². The molecule has 1 aromatic heterocycles. The van der Waals surface area contributed by atoms with Gasteiger partial charge in [0, 0.05) is 30.3 Å². The zero-order valence-electron chi connectivity index (χ0n) is 15.2. The Labute approximate surface area is 168 Å². The van der Waals surface area contributed by atoms with E-state index < -0.39 is 17.4 Å². The number of nitrogens with one attached hydrogen (secondary N) is 1. The van der Waals surface area contributed by atoms with Gasteiger partial charge in [0.2, 0.25) is 0 Å². The summed E-state index contributed by atoms with van der Waals surface area (Å²) in [6.07, 6.45) is -4.43. The van der Waals surface area contributed by atoms with E-state index in [1.165, 1.54) is 54.9 Å². The molecule has 0 saturated carbocycles. The van der Waals surface area contributed by atoms with Crippen molar-refractivity contribution in [1.82, 2.24) is 9.97 Å². The molecule has 0 amide bonds. The van der Waals surface area contributed by atoms with Crippen LogP contribution >= 0.6 is 0 Å². The number of rotatable bonds is 7. The largest absolute Gasteiger partial charge is 0.573 e. The van der Waals surface area contributed by atoms with E-state index in [4.69, 9.17) is 0 Å². The maximum absolute atomic E-state index is 12.2. The van der Waals surface area contributed by atoms with Crippen molar-refractivity contribution in [2.24, 2.45) is 0 Å². The molecule has 3 aromatic rings. The molecule has 0 aliphatic rings. The molecule has 156 valence electrons. The Balaban J connectivity index is 1.64. The maximum atomic E-state index is 12.2. The number of halogens is 3. The molecule has 0 radical (unpaired) electrons. The predicted molar refractivity (Wildman–Crippen MR) is 101 cm³/mol. The van der Waals surface area contributed by atoms with E-state index in [9.17, 15) is 28.4 Å². The molecule has 30 heavy (non-hydrogen) atoms. The standard InChI is InChI=1S/C19H15F3N4O4/c20-19(21,22)30-15-7-3-12(4-8-15)16-9-18(25-11-24-16)23-10-17(27)13-1-5-14(6-2-13)26(28)29/h1-9,11,17,27H,10H2,(H,23,24,25). The number of aromatic nitrogens is 2. The molecule has 2 aromatic carbocycles. The van der Waals surface area contributed by atoms with Crippen LogP contribution in [0.25, 0.3) is 11.3 Å². The summed E-state index contributed by atoms with van der Waals surface area (Å²) in [6, 6.07) is 12.3. The topological polar surface area (TPSA) is 110 Å². The van der Waals surface area contributed by atoms with E-state index in [2.05, 4.69) is 20.0 Å². The van der Waals surface area contributed by atoms with Crippen molar-refractivity contribution in [3.63, 3.8) is 0 Å². The first-order valence-corrected chi connectivity index (χ1v) is 8.56. The third kappa shape index (κ3) is 5.64. The van der Waals surface area contributed by atoms with Crippen LogP contribution in [0.3, 0.4) is 0 Å². The number of non-ortho nitro benzene ring substituents is 1. The van der Waals surface area contributed by atoms with Crippen LogP contribution in [0.5, 0.6) is 5.75 Å². The lowest BCUT2D eigenvalue weighted by molar-refractivity contribution is -0.384. The number of nitro groups is 1. The summed E-state index contributed by atoms with van der Waals surface area (Å²) >= 11 is 0. The second kappa shape index (κ2) is 8.74. The van der Waals surface area contributed by atoms with Crippen LogP contribution < -0.4 is 10.1 Å². The van der Waals surface area contributed by atoms with Gasteiger partial charge in [-0.1, -0.05) is 0 Å². The number of nitrogens with zero attached hydrogens (tertiary/aromatic N) is 3. The highest BCUT2D eigenvalue weighted by atomic mass is 19.4. The van der Waals surface area contributed by atoms with Gasteiger partial charge in [0.25, 0.3) is 5.69 Å². The smallest absolute Gasteiger partial charge is 0.406 e. The molecule has 2 N–H and O–H groups in total. The summed E-state index contributed by atoms with van der Waals surface area (Å²) < 4.78 is 40.6. The van der Waals surface area contributed by atoms with Crippen LogP contribution in [-0.2, 0) is 0 Å². The van der Waals surface area contributed by atoms with Gasteiger partial charge in [0.05, 0.1) is 16.7 Å². The lowest BCUT2D eigenvalue weighted by atomic mass is 10.1. The van der Waals surface area contributed by atoms with Crippen molar-refractivity contribution in [2.45, 2.75) is 12.5 Å². The molecule has 8 nitrogen and oxygen atoms in total. The quantitative estimate of drug-likeness (QED) is 0.437. The molecule has 0 bridgehead atoms. The number of alkyl halides is 3. The second-order valence-electron chi connectivity index (χ2n) is 6.11. The van der Waals surface area contributed by atoms with Crippen molar-refractivity contribution in [1.29, 1.82) is 0 Å². The lowest BCUT2D eigenvalue weighted by Gasteiger charge is -2.13. The summed E-state index contributed by atoms with van der Waals surface area (Å²) in [5, 5.41) is 23.8. The first kappa shape index (κ1) is 21.0. The summed E-state index contributed by atoms with van der Waals surface area (Å²) in [5.41, 5.74) is 1.41. The fourth-order valence-corrected chi connectivity index (χ4v) is 2.58. The highest BCUT2D eigenvalue weighted by Gasteiger charge is 2.31. The molecule has 0 spiro atoms. The van der Waals surface area contributed by atoms with E-state index in [1.807, 2.05) is 0 Å². The fraction of sp³-hybridized carbons (Fsp3) is 0.158. The highest BCUT2D eigenvalue weighted by molar-refractivity contribution is 5.62. The molecule has 11 heteroatoms. The van der Waals surface area contributed by atoms with Crippen LogP contribution in [0.1, 0.15) is 11.7 Å². The summed E-state index contributed by atoms with van der Waals surface area (Å²) in [4.78, 5) is 18.3. The monoisotopic (exact) mass is 420 g/mol. The highest BCUT2D eigenvalue weighted by Crippen LogP contribution is 2.26. The summed E-state index contributed by atoms with van der Waals surface area (Å²) in [7, 11) is 0. The van der Waals surface area contributed by atoms with Crippen LogP contribution in [0.4, 0.5) is 24.7 Å². The zero-order chi connectivity index (χ0) is 21.7. The van der Waals surface area contributed by atoms with Gasteiger partial charge < -0.3 is 15.2 Å². The van der Waals surface area contributed by atoms with E-state index in [-0.39, 0.29) is 18.0 Å². The van der Waals surface area contributed by atoms with E-state index in [1.54, 1.807) is 6.07 Å². The fourth-order valence-electron chi connectivity index (χ4n) is 2.58. The zero-order valence-corrected chi connectivity index (χ0v) is 15.2. The third-order valence-electron chi connectivity index (χ3n) is 4.02. The van der Waals surface area contributed by atoms with Crippen molar-refractivity contribution >= 4 is 11.5 Å². The molecular formula is C19H15F3N4O4. The SMILES string of the molecule is O=[N+]([O-])c1ccc(C(O)CNc2cc(-c3ccc(OC(F)(F)F)cc3)ncn2)cc1. The van der Waals surface area contributed by atoms with Crippen molar-refractivity contribution < 1.29 is 27.9 Å². The number of benzene rings is 2. The van der Waals surface area contributed by atoms with Crippen LogP contribution in [0, 0.1) is 10.1 Å². The van der Waals surface area contributed by atoms with Gasteiger partial charge in [0.1, 0.15) is 17.9 Å². The van der Waals surface area contributed by atoms with E-state index in [0.29, 0.717) is 22.6 Å². The van der Waals surface area contributed by atoms with Gasteiger partial charge in [-0.3, -0.25) is 10.1 Å². The molecular weight excluding hydrogens is 405 g/mol. The lowest BCUT2D eigenvalue weighted by Crippen LogP contribution is -2.16. The summed E-state index contributed by atoms with van der Waals surface area (Å²) in [5.74, 6) is 0.0430. The molecule has 1 heterocycles. The number of aliphatic hydroxyl groups excluding tert-OH is 1. The second-order valence-corrected chi connectivity index (χ2v) is 6.11. The first-order chi connectivity index (χ1) is 14.2. The van der Waals surface area contributed by atoms with E-state index in [0.717, 1.165) is 0 Å². The Morgan fingerprint density at radius 2 is 1.77 bits per heavy atom. The van der Waals surface area contributed by atoms with Crippen molar-refractivity contribution in [2.75, 3.05) is 11.9 Å². The van der Waals surface area contributed by atoms with Crippen molar-refractivity contribution in [3.8, 4) is 17.0 Å². The van der Waals surface area contributed by atoms with Gasteiger partial charge >= 0.3 is 6.36 Å².